The highest BCUT2D eigenvalue weighted by Crippen LogP contribution is 2.29. The summed E-state index contributed by atoms with van der Waals surface area (Å²) < 4.78 is 38.2. The third kappa shape index (κ3) is 3.04. The lowest BCUT2D eigenvalue weighted by molar-refractivity contribution is 0.253. The molecule has 1 atom stereocenters. The van der Waals surface area contributed by atoms with Crippen molar-refractivity contribution >= 4 is 21.4 Å². The Hall–Kier alpha value is -1.57. The number of sulfonamides is 1. The van der Waals surface area contributed by atoms with Crippen molar-refractivity contribution in [2.75, 3.05) is 13.7 Å². The van der Waals surface area contributed by atoms with Gasteiger partial charge in [-0.25, -0.2) is 13.1 Å². The van der Waals surface area contributed by atoms with E-state index in [0.717, 1.165) is 17.1 Å². The van der Waals surface area contributed by atoms with E-state index in [1.807, 2.05) is 18.2 Å². The SMILES string of the molecule is COc1ccc2c(c1)C[C@H](NS(=O)(=O)c1cccs1)CO2. The van der Waals surface area contributed by atoms with Crippen LogP contribution in [0.5, 0.6) is 11.5 Å². The van der Waals surface area contributed by atoms with Crippen molar-refractivity contribution < 1.29 is 17.9 Å². The summed E-state index contributed by atoms with van der Waals surface area (Å²) in [6.07, 6.45) is 0.580. The summed E-state index contributed by atoms with van der Waals surface area (Å²) in [4.78, 5) is 0. The second-order valence-electron chi connectivity index (χ2n) is 4.74. The number of ether oxygens (including phenoxy) is 2. The third-order valence-corrected chi connectivity index (χ3v) is 6.17. The third-order valence-electron chi connectivity index (χ3n) is 3.26. The summed E-state index contributed by atoms with van der Waals surface area (Å²) in [5.74, 6) is 1.52. The molecule has 7 heteroatoms. The van der Waals surface area contributed by atoms with Crippen LogP contribution >= 0.6 is 11.3 Å². The van der Waals surface area contributed by atoms with Crippen molar-refractivity contribution in [2.45, 2.75) is 16.7 Å². The van der Waals surface area contributed by atoms with Gasteiger partial charge in [0.1, 0.15) is 22.3 Å². The van der Waals surface area contributed by atoms with Gasteiger partial charge in [-0.3, -0.25) is 0 Å². The standard InChI is InChI=1S/C14H15NO4S2/c1-18-12-4-5-13-10(8-12)7-11(9-19-13)15-21(16,17)14-3-2-6-20-14/h2-6,8,11,15H,7,9H2,1H3/t11-/m0/s1. The van der Waals surface area contributed by atoms with Crippen LogP contribution < -0.4 is 14.2 Å². The van der Waals surface area contributed by atoms with Gasteiger partial charge in [-0.05, 0) is 41.6 Å². The number of benzene rings is 1. The van der Waals surface area contributed by atoms with Crippen LogP contribution in [0.2, 0.25) is 0 Å². The van der Waals surface area contributed by atoms with Gasteiger partial charge in [0.25, 0.3) is 0 Å². The minimum Gasteiger partial charge on any atom is -0.497 e. The Morgan fingerprint density at radius 2 is 2.24 bits per heavy atom. The summed E-state index contributed by atoms with van der Waals surface area (Å²) in [5, 5.41) is 1.74. The molecule has 0 saturated heterocycles. The van der Waals surface area contributed by atoms with Crippen molar-refractivity contribution in [3.63, 3.8) is 0 Å². The van der Waals surface area contributed by atoms with Gasteiger partial charge in [0.2, 0.25) is 10.0 Å². The average Bonchev–Trinajstić information content (AvgIpc) is 3.01. The van der Waals surface area contributed by atoms with Crippen LogP contribution in [0.3, 0.4) is 0 Å². The fraction of sp³-hybridized carbons (Fsp3) is 0.286. The molecule has 1 N–H and O–H groups in total. The fourth-order valence-electron chi connectivity index (χ4n) is 2.27. The molecule has 1 aromatic heterocycles. The highest BCUT2D eigenvalue weighted by Gasteiger charge is 2.26. The van der Waals surface area contributed by atoms with E-state index in [4.69, 9.17) is 9.47 Å². The molecular formula is C14H15NO4S2. The van der Waals surface area contributed by atoms with Gasteiger partial charge in [0, 0.05) is 0 Å². The molecule has 2 aromatic rings. The van der Waals surface area contributed by atoms with Gasteiger partial charge in [0.15, 0.2) is 0 Å². The highest BCUT2D eigenvalue weighted by atomic mass is 32.2. The molecule has 2 heterocycles. The lowest BCUT2D eigenvalue weighted by Gasteiger charge is -2.26. The molecule has 112 valence electrons. The molecule has 0 bridgehead atoms. The van der Waals surface area contributed by atoms with Crippen LogP contribution in [0.1, 0.15) is 5.56 Å². The van der Waals surface area contributed by atoms with Crippen molar-refractivity contribution in [3.05, 3.63) is 41.3 Å². The predicted octanol–water partition coefficient (Wildman–Crippen LogP) is 2.04. The van der Waals surface area contributed by atoms with Gasteiger partial charge in [0.05, 0.1) is 13.2 Å². The first kappa shape index (κ1) is 14.4. The smallest absolute Gasteiger partial charge is 0.250 e. The van der Waals surface area contributed by atoms with E-state index in [1.54, 1.807) is 24.6 Å². The minimum atomic E-state index is -3.48. The molecule has 1 aliphatic rings. The Morgan fingerprint density at radius 3 is 2.95 bits per heavy atom. The number of methoxy groups -OCH3 is 1. The number of hydrogen-bond acceptors (Lipinski definition) is 5. The van der Waals surface area contributed by atoms with E-state index < -0.39 is 10.0 Å². The molecule has 0 spiro atoms. The van der Waals surface area contributed by atoms with Crippen LogP contribution in [0.25, 0.3) is 0 Å². The molecule has 21 heavy (non-hydrogen) atoms. The van der Waals surface area contributed by atoms with E-state index in [2.05, 4.69) is 4.72 Å². The van der Waals surface area contributed by atoms with E-state index in [-0.39, 0.29) is 6.04 Å². The molecule has 0 amide bonds. The number of thiophene rings is 1. The van der Waals surface area contributed by atoms with E-state index in [0.29, 0.717) is 17.2 Å². The zero-order valence-corrected chi connectivity index (χ0v) is 13.0. The molecule has 1 aromatic carbocycles. The first-order valence-electron chi connectivity index (χ1n) is 6.44. The number of nitrogens with one attached hydrogen (secondary N) is 1. The lowest BCUT2D eigenvalue weighted by atomic mass is 10.0. The zero-order chi connectivity index (χ0) is 14.9. The molecule has 0 saturated carbocycles. The Morgan fingerprint density at radius 1 is 1.38 bits per heavy atom. The van der Waals surface area contributed by atoms with Gasteiger partial charge in [-0.1, -0.05) is 6.07 Å². The maximum absolute atomic E-state index is 12.2. The van der Waals surface area contributed by atoms with Gasteiger partial charge < -0.3 is 9.47 Å². The monoisotopic (exact) mass is 325 g/mol. The van der Waals surface area contributed by atoms with Crippen LogP contribution in [0.15, 0.2) is 39.9 Å². The van der Waals surface area contributed by atoms with E-state index in [9.17, 15) is 8.42 Å². The molecule has 0 aliphatic carbocycles. The van der Waals surface area contributed by atoms with Crippen molar-refractivity contribution in [3.8, 4) is 11.5 Å². The molecule has 5 nitrogen and oxygen atoms in total. The van der Waals surface area contributed by atoms with Gasteiger partial charge in [-0.15, -0.1) is 11.3 Å². The predicted molar refractivity (Wildman–Crippen MR) is 80.6 cm³/mol. The number of rotatable bonds is 4. The van der Waals surface area contributed by atoms with Crippen molar-refractivity contribution in [1.29, 1.82) is 0 Å². The maximum Gasteiger partial charge on any atom is 0.250 e. The fourth-order valence-corrected chi connectivity index (χ4v) is 4.50. The second kappa shape index (κ2) is 5.67. The number of hydrogen-bond donors (Lipinski definition) is 1. The Bertz CT molecular complexity index is 725. The molecule has 1 aliphatic heterocycles. The largest absolute Gasteiger partial charge is 0.497 e. The topological polar surface area (TPSA) is 64.6 Å². The van der Waals surface area contributed by atoms with Crippen molar-refractivity contribution in [1.82, 2.24) is 4.72 Å². The summed E-state index contributed by atoms with van der Waals surface area (Å²) in [7, 11) is -1.88. The Kier molecular flexibility index (Phi) is 3.88. The molecule has 0 unspecified atom stereocenters. The van der Waals surface area contributed by atoms with Crippen LogP contribution in [0.4, 0.5) is 0 Å². The zero-order valence-electron chi connectivity index (χ0n) is 11.4. The van der Waals surface area contributed by atoms with Crippen LogP contribution in [0, 0.1) is 0 Å². The van der Waals surface area contributed by atoms with Gasteiger partial charge >= 0.3 is 0 Å². The summed E-state index contributed by atoms with van der Waals surface area (Å²) in [5.41, 5.74) is 0.944. The molecular weight excluding hydrogens is 310 g/mol. The number of fused-ring (bicyclic) bond motifs is 1. The average molecular weight is 325 g/mol. The minimum absolute atomic E-state index is 0.281. The molecule has 3 rings (SSSR count). The normalized spacial score (nSPS) is 17.9. The summed E-state index contributed by atoms with van der Waals surface area (Å²) in [6, 6.07) is 8.58. The van der Waals surface area contributed by atoms with Crippen molar-refractivity contribution in [2.24, 2.45) is 0 Å². The molecule has 0 fully saturated rings. The Labute approximate surface area is 127 Å². The first-order valence-corrected chi connectivity index (χ1v) is 8.80. The highest BCUT2D eigenvalue weighted by molar-refractivity contribution is 7.91. The van der Waals surface area contributed by atoms with Crippen LogP contribution in [-0.4, -0.2) is 28.2 Å². The summed E-state index contributed by atoms with van der Waals surface area (Å²) >= 11 is 1.20. The summed E-state index contributed by atoms with van der Waals surface area (Å²) in [6.45, 7) is 0.323. The van der Waals surface area contributed by atoms with E-state index >= 15 is 0 Å². The maximum atomic E-state index is 12.2. The van der Waals surface area contributed by atoms with Crippen LogP contribution in [-0.2, 0) is 16.4 Å². The second-order valence-corrected chi connectivity index (χ2v) is 7.63. The van der Waals surface area contributed by atoms with E-state index in [1.165, 1.54) is 11.3 Å². The Balaban J connectivity index is 1.77. The molecule has 0 radical (unpaired) electrons. The first-order chi connectivity index (χ1) is 10.1. The quantitative estimate of drug-likeness (QED) is 0.934. The lowest BCUT2D eigenvalue weighted by Crippen LogP contribution is -2.42. The van der Waals surface area contributed by atoms with Gasteiger partial charge in [-0.2, -0.15) is 0 Å².